The third-order valence-electron chi connectivity index (χ3n) is 2.68. The van der Waals surface area contributed by atoms with Crippen LogP contribution in [0.4, 0.5) is 10.7 Å². The van der Waals surface area contributed by atoms with Gasteiger partial charge in [0.15, 0.2) is 6.04 Å². The number of anilines is 1. The van der Waals surface area contributed by atoms with Crippen LogP contribution in [0.2, 0.25) is 5.02 Å². The third-order valence-corrected chi connectivity index (χ3v) is 3.02. The molecule has 0 radical (unpaired) electrons. The predicted octanol–water partition coefficient (Wildman–Crippen LogP) is 1.42. The third kappa shape index (κ3) is 3.48. The number of halogens is 1. The van der Waals surface area contributed by atoms with Crippen molar-refractivity contribution in [2.45, 2.75) is 6.04 Å². The Balaban J connectivity index is 2.14. The molecule has 2 aromatic rings. The maximum Gasteiger partial charge on any atom is 0.331 e. The van der Waals surface area contributed by atoms with Gasteiger partial charge in [-0.15, -0.1) is 0 Å². The fourth-order valence-corrected chi connectivity index (χ4v) is 1.90. The largest absolute Gasteiger partial charge is 0.479 e. The summed E-state index contributed by atoms with van der Waals surface area (Å²) in [7, 11) is 1.59. The maximum atomic E-state index is 11.9. The Kier molecular flexibility index (Phi) is 4.39. The number of amides is 2. The van der Waals surface area contributed by atoms with Crippen molar-refractivity contribution in [3.8, 4) is 0 Å². The quantitative estimate of drug-likeness (QED) is 0.791. The average Bonchev–Trinajstić information content (AvgIpc) is 2.82. The van der Waals surface area contributed by atoms with Gasteiger partial charge in [0.25, 0.3) is 0 Å². The molecular weight excluding hydrogens is 298 g/mol. The number of aryl methyl sites for hydroxylation is 1. The topological polar surface area (TPSA) is 109 Å². The zero-order valence-electron chi connectivity index (χ0n) is 10.9. The van der Waals surface area contributed by atoms with Crippen molar-refractivity contribution < 1.29 is 14.7 Å². The number of rotatable bonds is 4. The first-order valence-corrected chi connectivity index (χ1v) is 6.25. The fourth-order valence-electron chi connectivity index (χ4n) is 1.66. The summed E-state index contributed by atoms with van der Waals surface area (Å²) in [6.07, 6.45) is 1.26. The minimum atomic E-state index is -1.27. The molecular formula is C12H12ClN5O3. The van der Waals surface area contributed by atoms with Crippen LogP contribution < -0.4 is 10.6 Å². The van der Waals surface area contributed by atoms with Gasteiger partial charge in [-0.25, -0.2) is 14.3 Å². The number of aliphatic carboxylic acids is 1. The van der Waals surface area contributed by atoms with Gasteiger partial charge in [0, 0.05) is 17.6 Å². The van der Waals surface area contributed by atoms with Gasteiger partial charge < -0.3 is 10.4 Å². The summed E-state index contributed by atoms with van der Waals surface area (Å²) in [5.41, 5.74) is 0.291. The lowest BCUT2D eigenvalue weighted by atomic mass is 10.1. The van der Waals surface area contributed by atoms with E-state index in [0.717, 1.165) is 0 Å². The van der Waals surface area contributed by atoms with Crippen LogP contribution in [0.25, 0.3) is 0 Å². The monoisotopic (exact) mass is 309 g/mol. The van der Waals surface area contributed by atoms with E-state index in [9.17, 15) is 14.7 Å². The Labute approximate surface area is 124 Å². The van der Waals surface area contributed by atoms with E-state index >= 15 is 0 Å². The summed E-state index contributed by atoms with van der Waals surface area (Å²) in [5.74, 6) is -1.04. The second kappa shape index (κ2) is 6.23. The summed E-state index contributed by atoms with van der Waals surface area (Å²) in [4.78, 5) is 27.0. The van der Waals surface area contributed by atoms with Crippen molar-refractivity contribution in [2.24, 2.45) is 7.05 Å². The van der Waals surface area contributed by atoms with Gasteiger partial charge in [-0.1, -0.05) is 29.8 Å². The van der Waals surface area contributed by atoms with Crippen LogP contribution in [0.1, 0.15) is 11.6 Å². The Morgan fingerprint density at radius 1 is 1.38 bits per heavy atom. The Morgan fingerprint density at radius 3 is 2.67 bits per heavy atom. The SMILES string of the molecule is Cn1ncnc1NC(=O)N[C@@H](C(=O)O)c1ccccc1Cl. The first kappa shape index (κ1) is 14.8. The number of carboxylic acids is 1. The lowest BCUT2D eigenvalue weighted by Crippen LogP contribution is -2.37. The first-order chi connectivity index (χ1) is 9.99. The number of carboxylic acid groups (broad SMARTS) is 1. The molecule has 8 nitrogen and oxygen atoms in total. The van der Waals surface area contributed by atoms with E-state index in [-0.39, 0.29) is 11.0 Å². The standard InChI is InChI=1S/C12H12ClN5O3/c1-18-11(14-6-15-18)17-12(21)16-9(10(19)20)7-4-2-3-5-8(7)13/h2-6,9H,1H3,(H,19,20)(H2,14,15,16,17,21)/t9-/m1/s1. The number of urea groups is 1. The molecule has 0 aliphatic rings. The lowest BCUT2D eigenvalue weighted by molar-refractivity contribution is -0.139. The molecule has 0 spiro atoms. The van der Waals surface area contributed by atoms with E-state index in [1.165, 1.54) is 17.1 Å². The molecule has 1 atom stereocenters. The number of nitrogens with one attached hydrogen (secondary N) is 2. The van der Waals surface area contributed by atoms with Crippen LogP contribution in [0.3, 0.4) is 0 Å². The van der Waals surface area contributed by atoms with E-state index in [1.807, 2.05) is 0 Å². The molecule has 0 aliphatic carbocycles. The van der Waals surface area contributed by atoms with Crippen LogP contribution in [0, 0.1) is 0 Å². The lowest BCUT2D eigenvalue weighted by Gasteiger charge is -2.16. The van der Waals surface area contributed by atoms with Gasteiger partial charge >= 0.3 is 12.0 Å². The van der Waals surface area contributed by atoms with E-state index in [1.54, 1.807) is 25.2 Å². The molecule has 3 N–H and O–H groups in total. The highest BCUT2D eigenvalue weighted by Gasteiger charge is 2.24. The van der Waals surface area contributed by atoms with E-state index < -0.39 is 18.0 Å². The Hall–Kier alpha value is -2.61. The molecule has 0 aliphatic heterocycles. The van der Waals surface area contributed by atoms with E-state index in [4.69, 9.17) is 11.6 Å². The van der Waals surface area contributed by atoms with Crippen molar-refractivity contribution in [3.63, 3.8) is 0 Å². The molecule has 2 amide bonds. The van der Waals surface area contributed by atoms with E-state index in [0.29, 0.717) is 5.56 Å². The minimum absolute atomic E-state index is 0.191. The van der Waals surface area contributed by atoms with Crippen LogP contribution in [-0.2, 0) is 11.8 Å². The summed E-state index contributed by atoms with van der Waals surface area (Å²) >= 11 is 5.95. The maximum absolute atomic E-state index is 11.9. The van der Waals surface area contributed by atoms with Crippen LogP contribution in [-0.4, -0.2) is 31.9 Å². The van der Waals surface area contributed by atoms with Crippen molar-refractivity contribution >= 4 is 29.5 Å². The molecule has 1 aromatic heterocycles. The highest BCUT2D eigenvalue weighted by atomic mass is 35.5. The normalized spacial score (nSPS) is 11.7. The van der Waals surface area contributed by atoms with Gasteiger partial charge in [-0.05, 0) is 6.07 Å². The second-order valence-corrected chi connectivity index (χ2v) is 4.51. The average molecular weight is 310 g/mol. The molecule has 0 saturated heterocycles. The Morgan fingerprint density at radius 2 is 2.10 bits per heavy atom. The molecule has 0 unspecified atom stereocenters. The summed E-state index contributed by atoms with van der Waals surface area (Å²) in [5, 5.41) is 18.0. The second-order valence-electron chi connectivity index (χ2n) is 4.10. The van der Waals surface area contributed by atoms with Crippen molar-refractivity contribution in [1.29, 1.82) is 0 Å². The highest BCUT2D eigenvalue weighted by Crippen LogP contribution is 2.22. The summed E-state index contributed by atoms with van der Waals surface area (Å²) < 4.78 is 1.34. The number of nitrogens with zero attached hydrogens (tertiary/aromatic N) is 3. The minimum Gasteiger partial charge on any atom is -0.479 e. The van der Waals surface area contributed by atoms with Crippen molar-refractivity contribution in [2.75, 3.05) is 5.32 Å². The first-order valence-electron chi connectivity index (χ1n) is 5.88. The van der Waals surface area contributed by atoms with Crippen LogP contribution in [0.5, 0.6) is 0 Å². The molecule has 1 aromatic carbocycles. The van der Waals surface area contributed by atoms with Gasteiger partial charge in [0.05, 0.1) is 0 Å². The number of carbonyl (C=O) groups is 2. The molecule has 110 valence electrons. The predicted molar refractivity (Wildman–Crippen MR) is 75.0 cm³/mol. The molecule has 9 heteroatoms. The zero-order valence-corrected chi connectivity index (χ0v) is 11.7. The van der Waals surface area contributed by atoms with Crippen molar-refractivity contribution in [3.05, 3.63) is 41.2 Å². The van der Waals surface area contributed by atoms with Gasteiger partial charge in [0.1, 0.15) is 6.33 Å². The van der Waals surface area contributed by atoms with Crippen LogP contribution in [0.15, 0.2) is 30.6 Å². The molecule has 1 heterocycles. The number of hydrogen-bond acceptors (Lipinski definition) is 4. The summed E-state index contributed by atoms with van der Waals surface area (Å²) in [6.45, 7) is 0. The number of benzene rings is 1. The number of carbonyl (C=O) groups excluding carboxylic acids is 1. The molecule has 2 rings (SSSR count). The van der Waals surface area contributed by atoms with Gasteiger partial charge in [-0.3, -0.25) is 5.32 Å². The van der Waals surface area contributed by atoms with Crippen LogP contribution >= 0.6 is 11.6 Å². The van der Waals surface area contributed by atoms with Gasteiger partial charge in [0.2, 0.25) is 5.95 Å². The number of aromatic nitrogens is 3. The van der Waals surface area contributed by atoms with Crippen molar-refractivity contribution in [1.82, 2.24) is 20.1 Å². The zero-order chi connectivity index (χ0) is 15.4. The Bertz CT molecular complexity index is 672. The smallest absolute Gasteiger partial charge is 0.331 e. The van der Waals surface area contributed by atoms with E-state index in [2.05, 4.69) is 20.7 Å². The summed E-state index contributed by atoms with van der Waals surface area (Å²) in [6, 6.07) is 4.40. The molecule has 0 bridgehead atoms. The highest BCUT2D eigenvalue weighted by molar-refractivity contribution is 6.31. The van der Waals surface area contributed by atoms with Gasteiger partial charge in [-0.2, -0.15) is 10.1 Å². The fraction of sp³-hybridized carbons (Fsp3) is 0.167. The number of hydrogen-bond donors (Lipinski definition) is 3. The molecule has 0 saturated carbocycles. The molecule has 0 fully saturated rings. The molecule has 21 heavy (non-hydrogen) atoms.